The Balaban J connectivity index is 0.948. The third-order valence-electron chi connectivity index (χ3n) is 13.4. The van der Waals surface area contributed by atoms with Crippen LogP contribution < -0.4 is 0 Å². The second kappa shape index (κ2) is 13.5. The summed E-state index contributed by atoms with van der Waals surface area (Å²) >= 11 is 0. The van der Waals surface area contributed by atoms with Gasteiger partial charge in [0.25, 0.3) is 0 Å². The molecule has 1 heteroatoms. The highest BCUT2D eigenvalue weighted by atomic mass is 15.2. The highest BCUT2D eigenvalue weighted by molar-refractivity contribution is 4.93. The standard InChI is InChI=1S/C36H63N/c1-4-10-28(11-5-1)29-16-18-30(19-17-29)31-20-22-32(23-21-31)33-24-26-36(27-25-33)37(34-12-6-2-7-13-34)35-14-8-3-9-15-35/h28-36H,1-27H2. The van der Waals surface area contributed by atoms with Crippen LogP contribution in [0.1, 0.15) is 173 Å². The zero-order chi connectivity index (χ0) is 24.9. The maximum atomic E-state index is 3.19. The predicted molar refractivity (Wildman–Crippen MR) is 159 cm³/mol. The van der Waals surface area contributed by atoms with Gasteiger partial charge in [-0.2, -0.15) is 0 Å². The largest absolute Gasteiger partial charge is 0.294 e. The molecule has 0 amide bonds. The minimum absolute atomic E-state index is 0.943. The van der Waals surface area contributed by atoms with Gasteiger partial charge in [-0.15, -0.1) is 0 Å². The summed E-state index contributed by atoms with van der Waals surface area (Å²) in [7, 11) is 0. The Morgan fingerprint density at radius 3 is 0.811 bits per heavy atom. The van der Waals surface area contributed by atoms with Crippen LogP contribution in [0.3, 0.4) is 0 Å². The van der Waals surface area contributed by atoms with Crippen molar-refractivity contribution in [1.29, 1.82) is 0 Å². The van der Waals surface area contributed by atoms with Gasteiger partial charge in [-0.05, 0) is 138 Å². The van der Waals surface area contributed by atoms with Gasteiger partial charge in [0, 0.05) is 18.1 Å². The van der Waals surface area contributed by atoms with E-state index in [2.05, 4.69) is 4.90 Å². The first-order valence-corrected chi connectivity index (χ1v) is 18.1. The molecule has 0 radical (unpaired) electrons. The van der Waals surface area contributed by atoms with E-state index in [0.717, 1.165) is 53.6 Å². The second-order valence-corrected chi connectivity index (χ2v) is 15.3. The average molecular weight is 510 g/mol. The van der Waals surface area contributed by atoms with Gasteiger partial charge in [0.05, 0.1) is 0 Å². The van der Waals surface area contributed by atoms with Crippen molar-refractivity contribution in [3.8, 4) is 0 Å². The SMILES string of the molecule is C1CCC(C2CCC(C3CCC(C4CCC(N(C5CCCCC5)C5CCCCC5)CC4)CC3)CC2)CC1. The first-order valence-electron chi connectivity index (χ1n) is 18.1. The molecule has 37 heavy (non-hydrogen) atoms. The lowest BCUT2D eigenvalue weighted by molar-refractivity contribution is 0.00672. The van der Waals surface area contributed by atoms with Gasteiger partial charge >= 0.3 is 0 Å². The molecule has 6 fully saturated rings. The van der Waals surface area contributed by atoms with E-state index in [4.69, 9.17) is 0 Å². The number of hydrogen-bond donors (Lipinski definition) is 0. The van der Waals surface area contributed by atoms with E-state index in [0.29, 0.717) is 0 Å². The van der Waals surface area contributed by atoms with Crippen LogP contribution in [0.5, 0.6) is 0 Å². The third kappa shape index (κ3) is 6.82. The molecule has 0 spiro atoms. The normalized spacial score (nSPS) is 40.1. The Morgan fingerprint density at radius 1 is 0.216 bits per heavy atom. The van der Waals surface area contributed by atoms with Crippen molar-refractivity contribution in [2.24, 2.45) is 35.5 Å². The Kier molecular flexibility index (Phi) is 9.94. The van der Waals surface area contributed by atoms with E-state index in [1.165, 1.54) is 83.5 Å². The van der Waals surface area contributed by atoms with E-state index in [1.807, 2.05) is 0 Å². The van der Waals surface area contributed by atoms with Crippen LogP contribution in [0.15, 0.2) is 0 Å². The molecule has 0 aromatic carbocycles. The maximum absolute atomic E-state index is 3.19. The summed E-state index contributed by atoms with van der Waals surface area (Å²) in [6, 6.07) is 2.84. The van der Waals surface area contributed by atoms with Crippen LogP contribution in [0.2, 0.25) is 0 Å². The molecule has 0 bridgehead atoms. The smallest absolute Gasteiger partial charge is 0.0101 e. The molecule has 0 aliphatic heterocycles. The molecule has 0 aromatic heterocycles. The van der Waals surface area contributed by atoms with Crippen molar-refractivity contribution < 1.29 is 0 Å². The van der Waals surface area contributed by atoms with Crippen molar-refractivity contribution in [3.05, 3.63) is 0 Å². The Labute approximate surface area is 231 Å². The third-order valence-corrected chi connectivity index (χ3v) is 13.4. The van der Waals surface area contributed by atoms with Crippen LogP contribution in [0, 0.1) is 35.5 Å². The minimum Gasteiger partial charge on any atom is -0.294 e. The van der Waals surface area contributed by atoms with E-state index in [-0.39, 0.29) is 0 Å². The summed E-state index contributed by atoms with van der Waals surface area (Å²) in [5.41, 5.74) is 0. The van der Waals surface area contributed by atoms with Gasteiger partial charge in [0.2, 0.25) is 0 Å². The molecule has 0 unspecified atom stereocenters. The Morgan fingerprint density at radius 2 is 0.459 bits per heavy atom. The molecule has 0 saturated heterocycles. The van der Waals surface area contributed by atoms with Crippen molar-refractivity contribution in [2.45, 2.75) is 191 Å². The van der Waals surface area contributed by atoms with Gasteiger partial charge in [-0.1, -0.05) is 70.6 Å². The summed E-state index contributed by atoms with van der Waals surface area (Å²) in [4.78, 5) is 3.19. The number of hydrogen-bond acceptors (Lipinski definition) is 1. The average Bonchev–Trinajstić information content (AvgIpc) is 2.99. The summed E-state index contributed by atoms with van der Waals surface area (Å²) in [6.45, 7) is 0. The lowest BCUT2D eigenvalue weighted by Crippen LogP contribution is -2.52. The van der Waals surface area contributed by atoms with Gasteiger partial charge in [0.1, 0.15) is 0 Å². The molecule has 212 valence electrons. The first kappa shape index (κ1) is 27.1. The molecule has 6 rings (SSSR count). The number of rotatable bonds is 6. The van der Waals surface area contributed by atoms with Crippen LogP contribution in [0.4, 0.5) is 0 Å². The van der Waals surface area contributed by atoms with E-state index >= 15 is 0 Å². The molecule has 6 aliphatic carbocycles. The molecule has 6 saturated carbocycles. The van der Waals surface area contributed by atoms with Crippen molar-refractivity contribution in [2.75, 3.05) is 0 Å². The fraction of sp³-hybridized carbons (Fsp3) is 1.00. The van der Waals surface area contributed by atoms with Crippen LogP contribution >= 0.6 is 0 Å². The van der Waals surface area contributed by atoms with Crippen molar-refractivity contribution in [3.63, 3.8) is 0 Å². The molecule has 0 heterocycles. The predicted octanol–water partition coefficient (Wildman–Crippen LogP) is 10.7. The van der Waals surface area contributed by atoms with Gasteiger partial charge < -0.3 is 0 Å². The molecular formula is C36H63N. The Hall–Kier alpha value is -0.0400. The zero-order valence-corrected chi connectivity index (χ0v) is 24.7. The van der Waals surface area contributed by atoms with Gasteiger partial charge in [-0.25, -0.2) is 0 Å². The first-order chi connectivity index (χ1) is 18.3. The second-order valence-electron chi connectivity index (χ2n) is 15.3. The highest BCUT2D eigenvalue weighted by Crippen LogP contribution is 2.48. The highest BCUT2D eigenvalue weighted by Gasteiger charge is 2.39. The fourth-order valence-electron chi connectivity index (χ4n) is 11.3. The fourth-order valence-corrected chi connectivity index (χ4v) is 11.3. The van der Waals surface area contributed by atoms with Gasteiger partial charge in [0.15, 0.2) is 0 Å². The molecule has 1 nitrogen and oxygen atoms in total. The minimum atomic E-state index is 0.943. The molecular weight excluding hydrogens is 446 g/mol. The Bertz CT molecular complexity index is 612. The van der Waals surface area contributed by atoms with Crippen LogP contribution in [-0.4, -0.2) is 23.0 Å². The quantitative estimate of drug-likeness (QED) is 0.344. The summed E-state index contributed by atoms with van der Waals surface area (Å²) in [5, 5.41) is 0. The van der Waals surface area contributed by atoms with Crippen LogP contribution in [0.25, 0.3) is 0 Å². The van der Waals surface area contributed by atoms with Crippen LogP contribution in [-0.2, 0) is 0 Å². The molecule has 0 aromatic rings. The monoisotopic (exact) mass is 509 g/mol. The lowest BCUT2D eigenvalue weighted by atomic mass is 9.63. The van der Waals surface area contributed by atoms with E-state index in [9.17, 15) is 0 Å². The molecule has 6 aliphatic rings. The maximum Gasteiger partial charge on any atom is 0.0101 e. The molecule has 0 N–H and O–H groups in total. The summed E-state index contributed by atoms with van der Waals surface area (Å²) < 4.78 is 0. The van der Waals surface area contributed by atoms with Gasteiger partial charge in [-0.3, -0.25) is 4.90 Å². The van der Waals surface area contributed by atoms with E-state index in [1.54, 1.807) is 89.9 Å². The number of nitrogens with zero attached hydrogens (tertiary/aromatic N) is 1. The summed E-state index contributed by atoms with van der Waals surface area (Å²) in [6.07, 6.45) is 41.9. The summed E-state index contributed by atoms with van der Waals surface area (Å²) in [5.74, 6) is 6.62. The van der Waals surface area contributed by atoms with Crippen molar-refractivity contribution in [1.82, 2.24) is 4.90 Å². The van der Waals surface area contributed by atoms with Crippen molar-refractivity contribution >= 4 is 0 Å². The molecule has 0 atom stereocenters. The van der Waals surface area contributed by atoms with E-state index < -0.39 is 0 Å². The lowest BCUT2D eigenvalue weighted by Gasteiger charge is -2.49. The topological polar surface area (TPSA) is 3.24 Å². The zero-order valence-electron chi connectivity index (χ0n) is 24.7.